The van der Waals surface area contributed by atoms with Gasteiger partial charge in [0.05, 0.1) is 11.7 Å². The standard InChI is InChI=1S/C22H27N5O2/c1-16(4-5-18-6-12-21(28)13-7-18)25-22(29)26(3)17(2)19-8-10-20(11-9-19)27-15-23-14-24-27/h6-17,28H,4-5H2,1-3H3,(H,25,29). The molecule has 0 aliphatic heterocycles. The molecule has 29 heavy (non-hydrogen) atoms. The van der Waals surface area contributed by atoms with Crippen LogP contribution in [0.3, 0.4) is 0 Å². The molecule has 2 atom stereocenters. The van der Waals surface area contributed by atoms with E-state index in [9.17, 15) is 9.90 Å². The third kappa shape index (κ3) is 5.34. The van der Waals surface area contributed by atoms with E-state index in [1.807, 2.05) is 50.2 Å². The van der Waals surface area contributed by atoms with Gasteiger partial charge in [0.2, 0.25) is 0 Å². The van der Waals surface area contributed by atoms with Crippen LogP contribution in [0.5, 0.6) is 5.75 Å². The number of carbonyl (C=O) groups excluding carboxylic acids is 1. The van der Waals surface area contributed by atoms with Crippen molar-refractivity contribution in [2.45, 2.75) is 38.8 Å². The Bertz CT molecular complexity index is 907. The lowest BCUT2D eigenvalue weighted by atomic mass is 10.1. The van der Waals surface area contributed by atoms with Gasteiger partial charge in [0, 0.05) is 13.1 Å². The highest BCUT2D eigenvalue weighted by molar-refractivity contribution is 5.74. The number of hydrogen-bond donors (Lipinski definition) is 2. The van der Waals surface area contributed by atoms with Gasteiger partial charge in [0.15, 0.2) is 0 Å². The van der Waals surface area contributed by atoms with Crippen molar-refractivity contribution >= 4 is 6.03 Å². The van der Waals surface area contributed by atoms with Crippen molar-refractivity contribution in [3.05, 3.63) is 72.3 Å². The topological polar surface area (TPSA) is 83.3 Å². The van der Waals surface area contributed by atoms with Crippen molar-refractivity contribution in [3.8, 4) is 11.4 Å². The molecule has 1 heterocycles. The Morgan fingerprint density at radius 1 is 1.14 bits per heavy atom. The van der Waals surface area contributed by atoms with Crippen LogP contribution in [-0.4, -0.2) is 43.9 Å². The maximum absolute atomic E-state index is 12.6. The summed E-state index contributed by atoms with van der Waals surface area (Å²) in [4.78, 5) is 18.3. The minimum atomic E-state index is -0.101. The Morgan fingerprint density at radius 2 is 1.83 bits per heavy atom. The molecule has 0 saturated heterocycles. The zero-order chi connectivity index (χ0) is 20.8. The number of aromatic hydroxyl groups is 1. The van der Waals surface area contributed by atoms with Crippen molar-refractivity contribution in [1.82, 2.24) is 25.0 Å². The highest BCUT2D eigenvalue weighted by Crippen LogP contribution is 2.20. The summed E-state index contributed by atoms with van der Waals surface area (Å²) >= 11 is 0. The Hall–Kier alpha value is -3.35. The third-order valence-electron chi connectivity index (χ3n) is 5.13. The highest BCUT2D eigenvalue weighted by Gasteiger charge is 2.19. The van der Waals surface area contributed by atoms with Gasteiger partial charge in [-0.15, -0.1) is 0 Å². The average molecular weight is 393 g/mol. The number of nitrogens with one attached hydrogen (secondary N) is 1. The molecule has 0 aliphatic rings. The first-order valence-electron chi connectivity index (χ1n) is 9.70. The second-order valence-electron chi connectivity index (χ2n) is 7.27. The van der Waals surface area contributed by atoms with Gasteiger partial charge in [-0.05, 0) is 62.1 Å². The monoisotopic (exact) mass is 393 g/mol. The van der Waals surface area contributed by atoms with Crippen molar-refractivity contribution in [2.75, 3.05) is 7.05 Å². The fraction of sp³-hybridized carbons (Fsp3) is 0.318. The molecule has 0 saturated carbocycles. The predicted octanol–water partition coefficient (Wildman–Crippen LogP) is 3.70. The Labute approximate surface area is 171 Å². The van der Waals surface area contributed by atoms with E-state index in [2.05, 4.69) is 15.4 Å². The van der Waals surface area contributed by atoms with E-state index in [-0.39, 0.29) is 23.9 Å². The van der Waals surface area contributed by atoms with Gasteiger partial charge >= 0.3 is 6.03 Å². The van der Waals surface area contributed by atoms with Gasteiger partial charge in [0.1, 0.15) is 18.4 Å². The minimum absolute atomic E-state index is 0.0423. The Kier molecular flexibility index (Phi) is 6.49. The summed E-state index contributed by atoms with van der Waals surface area (Å²) < 4.78 is 1.70. The number of phenolic OH excluding ortho intramolecular Hbond substituents is 1. The molecule has 3 rings (SSSR count). The number of urea groups is 1. The van der Waals surface area contributed by atoms with Crippen LogP contribution in [0.15, 0.2) is 61.2 Å². The second kappa shape index (κ2) is 9.23. The SMILES string of the molecule is CC(CCc1ccc(O)cc1)NC(=O)N(C)C(C)c1ccc(-n2cncn2)cc1. The fourth-order valence-corrected chi connectivity index (χ4v) is 3.08. The van der Waals surface area contributed by atoms with E-state index >= 15 is 0 Å². The van der Waals surface area contributed by atoms with Crippen LogP contribution in [0, 0.1) is 0 Å². The number of rotatable bonds is 7. The maximum Gasteiger partial charge on any atom is 0.317 e. The average Bonchev–Trinajstić information content (AvgIpc) is 3.27. The molecular weight excluding hydrogens is 366 g/mol. The molecule has 2 aromatic carbocycles. The molecule has 0 spiro atoms. The van der Waals surface area contributed by atoms with Gasteiger partial charge < -0.3 is 15.3 Å². The first-order chi connectivity index (χ1) is 13.9. The zero-order valence-corrected chi connectivity index (χ0v) is 17.0. The number of aromatic nitrogens is 3. The van der Waals surface area contributed by atoms with E-state index in [4.69, 9.17) is 0 Å². The lowest BCUT2D eigenvalue weighted by molar-refractivity contribution is 0.190. The van der Waals surface area contributed by atoms with E-state index in [1.54, 1.807) is 35.1 Å². The number of carbonyl (C=O) groups is 1. The maximum atomic E-state index is 12.6. The van der Waals surface area contributed by atoms with Gasteiger partial charge in [0.25, 0.3) is 0 Å². The van der Waals surface area contributed by atoms with Crippen LogP contribution in [0.1, 0.15) is 37.4 Å². The lowest BCUT2D eigenvalue weighted by Gasteiger charge is -2.27. The van der Waals surface area contributed by atoms with E-state index < -0.39 is 0 Å². The first kappa shape index (κ1) is 20.4. The summed E-state index contributed by atoms with van der Waals surface area (Å²) in [7, 11) is 1.80. The minimum Gasteiger partial charge on any atom is -0.508 e. The van der Waals surface area contributed by atoms with Crippen molar-refractivity contribution < 1.29 is 9.90 Å². The largest absolute Gasteiger partial charge is 0.508 e. The van der Waals surface area contributed by atoms with Crippen LogP contribution >= 0.6 is 0 Å². The summed E-state index contributed by atoms with van der Waals surface area (Å²) in [6, 6.07) is 15.0. The number of benzene rings is 2. The van der Waals surface area contributed by atoms with Crippen LogP contribution in [0.4, 0.5) is 4.79 Å². The number of nitrogens with zero attached hydrogens (tertiary/aromatic N) is 4. The normalized spacial score (nSPS) is 12.9. The summed E-state index contributed by atoms with van der Waals surface area (Å²) in [5.41, 5.74) is 3.11. The molecule has 7 nitrogen and oxygen atoms in total. The molecule has 0 bridgehead atoms. The predicted molar refractivity (Wildman–Crippen MR) is 112 cm³/mol. The summed E-state index contributed by atoms with van der Waals surface area (Å²) in [6.07, 6.45) is 4.81. The molecule has 2 N–H and O–H groups in total. The first-order valence-corrected chi connectivity index (χ1v) is 9.70. The van der Waals surface area contributed by atoms with Crippen LogP contribution in [-0.2, 0) is 6.42 Å². The summed E-state index contributed by atoms with van der Waals surface area (Å²) in [5, 5.41) is 16.5. The summed E-state index contributed by atoms with van der Waals surface area (Å²) in [5.74, 6) is 0.264. The molecule has 0 aliphatic carbocycles. The molecule has 1 aromatic heterocycles. The van der Waals surface area contributed by atoms with Gasteiger partial charge in [-0.1, -0.05) is 24.3 Å². The van der Waals surface area contributed by atoms with Crippen molar-refractivity contribution in [2.24, 2.45) is 0 Å². The van der Waals surface area contributed by atoms with Gasteiger partial charge in [-0.2, -0.15) is 5.10 Å². The van der Waals surface area contributed by atoms with E-state index in [1.165, 1.54) is 6.33 Å². The second-order valence-corrected chi connectivity index (χ2v) is 7.27. The van der Waals surface area contributed by atoms with Crippen LogP contribution in [0.2, 0.25) is 0 Å². The fourth-order valence-electron chi connectivity index (χ4n) is 3.08. The number of aryl methyl sites for hydroxylation is 1. The molecule has 152 valence electrons. The molecule has 3 aromatic rings. The van der Waals surface area contributed by atoms with Crippen molar-refractivity contribution in [3.63, 3.8) is 0 Å². The molecular formula is C22H27N5O2. The van der Waals surface area contributed by atoms with Gasteiger partial charge in [-0.25, -0.2) is 14.5 Å². The molecule has 7 heteroatoms. The number of phenols is 1. The Balaban J connectivity index is 1.52. The molecule has 2 amide bonds. The number of amides is 2. The molecule has 0 radical (unpaired) electrons. The van der Waals surface area contributed by atoms with E-state index in [0.29, 0.717) is 0 Å². The quantitative estimate of drug-likeness (QED) is 0.641. The third-order valence-corrected chi connectivity index (χ3v) is 5.13. The number of hydrogen-bond acceptors (Lipinski definition) is 4. The zero-order valence-electron chi connectivity index (χ0n) is 17.0. The van der Waals surface area contributed by atoms with Crippen LogP contribution < -0.4 is 5.32 Å². The lowest BCUT2D eigenvalue weighted by Crippen LogP contribution is -2.43. The Morgan fingerprint density at radius 3 is 2.45 bits per heavy atom. The summed E-state index contributed by atoms with van der Waals surface area (Å²) in [6.45, 7) is 4.01. The molecule has 2 unspecified atom stereocenters. The van der Waals surface area contributed by atoms with Crippen molar-refractivity contribution in [1.29, 1.82) is 0 Å². The van der Waals surface area contributed by atoms with E-state index in [0.717, 1.165) is 29.7 Å². The smallest absolute Gasteiger partial charge is 0.317 e. The van der Waals surface area contributed by atoms with Gasteiger partial charge in [-0.3, -0.25) is 0 Å². The molecule has 0 fully saturated rings. The van der Waals surface area contributed by atoms with Crippen LogP contribution in [0.25, 0.3) is 5.69 Å². The highest BCUT2D eigenvalue weighted by atomic mass is 16.3.